The molecular weight excluding hydrogens is 368 g/mol. The summed E-state index contributed by atoms with van der Waals surface area (Å²) in [5.74, 6) is -0.409. The molecule has 2 amide bonds. The number of hydrogen-bond acceptors (Lipinski definition) is 3. The SMILES string of the molecule is O=C(O)[C@H]1CN(C(=O)C2CCN(C(=O)CCc3ccccc3)CC2)C[C@@H]1C1CC1. The molecule has 0 bridgehead atoms. The normalized spacial score (nSPS) is 25.2. The second kappa shape index (κ2) is 8.56. The first-order valence-electron chi connectivity index (χ1n) is 10.9. The molecule has 1 aromatic rings. The van der Waals surface area contributed by atoms with E-state index in [1.165, 1.54) is 0 Å². The molecule has 1 aromatic carbocycles. The van der Waals surface area contributed by atoms with Crippen LogP contribution in [0, 0.1) is 23.7 Å². The quantitative estimate of drug-likeness (QED) is 0.798. The molecule has 2 saturated heterocycles. The molecule has 6 heteroatoms. The first-order chi connectivity index (χ1) is 14.0. The summed E-state index contributed by atoms with van der Waals surface area (Å²) in [6.45, 7) is 2.18. The molecule has 4 rings (SSSR count). The summed E-state index contributed by atoms with van der Waals surface area (Å²) in [7, 11) is 0. The Labute approximate surface area is 171 Å². The number of nitrogens with zero attached hydrogens (tertiary/aromatic N) is 2. The van der Waals surface area contributed by atoms with Gasteiger partial charge in [-0.05, 0) is 49.5 Å². The zero-order valence-electron chi connectivity index (χ0n) is 16.8. The Kier molecular flexibility index (Phi) is 5.88. The van der Waals surface area contributed by atoms with Crippen LogP contribution < -0.4 is 0 Å². The van der Waals surface area contributed by atoms with Gasteiger partial charge in [-0.1, -0.05) is 30.3 Å². The monoisotopic (exact) mass is 398 g/mol. The smallest absolute Gasteiger partial charge is 0.308 e. The molecule has 1 saturated carbocycles. The molecule has 1 N–H and O–H groups in total. The van der Waals surface area contributed by atoms with E-state index in [-0.39, 0.29) is 23.7 Å². The highest BCUT2D eigenvalue weighted by Gasteiger charge is 2.47. The van der Waals surface area contributed by atoms with Gasteiger partial charge in [0.2, 0.25) is 11.8 Å². The summed E-state index contributed by atoms with van der Waals surface area (Å²) in [6.07, 6.45) is 4.79. The lowest BCUT2D eigenvalue weighted by atomic mass is 9.92. The second-order valence-corrected chi connectivity index (χ2v) is 8.83. The Morgan fingerprint density at radius 1 is 0.931 bits per heavy atom. The third kappa shape index (κ3) is 4.62. The summed E-state index contributed by atoms with van der Waals surface area (Å²) in [4.78, 5) is 40.7. The van der Waals surface area contributed by atoms with Crippen LogP contribution in [0.4, 0.5) is 0 Å². The third-order valence-electron chi connectivity index (χ3n) is 6.89. The van der Waals surface area contributed by atoms with Crippen LogP contribution in [0.3, 0.4) is 0 Å². The summed E-state index contributed by atoms with van der Waals surface area (Å²) < 4.78 is 0. The molecule has 1 aliphatic carbocycles. The standard InChI is InChI=1S/C23H30N2O4/c26-21(9-6-16-4-2-1-3-5-16)24-12-10-18(11-13-24)22(27)25-14-19(17-7-8-17)20(15-25)23(28)29/h1-5,17-20H,6-15H2,(H,28,29)/t19-,20+/m1/s1. The molecule has 0 radical (unpaired) electrons. The van der Waals surface area contributed by atoms with E-state index in [1.54, 1.807) is 4.90 Å². The van der Waals surface area contributed by atoms with Crippen molar-refractivity contribution < 1.29 is 19.5 Å². The Hall–Kier alpha value is -2.37. The van der Waals surface area contributed by atoms with E-state index in [0.29, 0.717) is 51.4 Å². The Balaban J connectivity index is 1.25. The largest absolute Gasteiger partial charge is 0.481 e. The van der Waals surface area contributed by atoms with Gasteiger partial charge in [-0.3, -0.25) is 14.4 Å². The van der Waals surface area contributed by atoms with E-state index in [9.17, 15) is 19.5 Å². The van der Waals surface area contributed by atoms with Gasteiger partial charge in [-0.25, -0.2) is 0 Å². The first kappa shape index (κ1) is 19.9. The molecule has 0 spiro atoms. The maximum Gasteiger partial charge on any atom is 0.308 e. The molecule has 29 heavy (non-hydrogen) atoms. The van der Waals surface area contributed by atoms with Crippen molar-refractivity contribution in [2.24, 2.45) is 23.7 Å². The van der Waals surface area contributed by atoms with Crippen molar-refractivity contribution in [3.63, 3.8) is 0 Å². The fourth-order valence-electron chi connectivity index (χ4n) is 4.96. The van der Waals surface area contributed by atoms with Gasteiger partial charge in [-0.2, -0.15) is 0 Å². The van der Waals surface area contributed by atoms with Gasteiger partial charge in [0, 0.05) is 38.5 Å². The van der Waals surface area contributed by atoms with Gasteiger partial charge in [0.25, 0.3) is 0 Å². The van der Waals surface area contributed by atoms with Crippen molar-refractivity contribution in [1.82, 2.24) is 9.80 Å². The van der Waals surface area contributed by atoms with Crippen molar-refractivity contribution in [2.75, 3.05) is 26.2 Å². The van der Waals surface area contributed by atoms with Crippen molar-refractivity contribution in [3.8, 4) is 0 Å². The van der Waals surface area contributed by atoms with E-state index in [2.05, 4.69) is 0 Å². The fraction of sp³-hybridized carbons (Fsp3) is 0.609. The zero-order chi connectivity index (χ0) is 20.4. The number of benzene rings is 1. The van der Waals surface area contributed by atoms with E-state index >= 15 is 0 Å². The highest BCUT2D eigenvalue weighted by atomic mass is 16.4. The minimum absolute atomic E-state index is 0.0828. The molecule has 3 aliphatic rings. The number of piperidine rings is 1. The topological polar surface area (TPSA) is 77.9 Å². The van der Waals surface area contributed by atoms with Crippen LogP contribution in [0.1, 0.15) is 37.7 Å². The first-order valence-corrected chi connectivity index (χ1v) is 10.9. The van der Waals surface area contributed by atoms with Gasteiger partial charge in [0.05, 0.1) is 5.92 Å². The van der Waals surface area contributed by atoms with Crippen molar-refractivity contribution >= 4 is 17.8 Å². The molecule has 0 unspecified atom stereocenters. The Morgan fingerprint density at radius 2 is 1.62 bits per heavy atom. The molecule has 3 fully saturated rings. The minimum Gasteiger partial charge on any atom is -0.481 e. The van der Waals surface area contributed by atoms with Crippen LogP contribution in [0.15, 0.2) is 30.3 Å². The van der Waals surface area contributed by atoms with Crippen LogP contribution in [0.2, 0.25) is 0 Å². The minimum atomic E-state index is -0.768. The van der Waals surface area contributed by atoms with Gasteiger partial charge < -0.3 is 14.9 Å². The van der Waals surface area contributed by atoms with E-state index in [0.717, 1.165) is 24.8 Å². The average Bonchev–Trinajstić information content (AvgIpc) is 3.50. The average molecular weight is 399 g/mol. The van der Waals surface area contributed by atoms with Crippen molar-refractivity contribution in [1.29, 1.82) is 0 Å². The molecule has 6 nitrogen and oxygen atoms in total. The molecular formula is C23H30N2O4. The Bertz CT molecular complexity index is 753. The molecule has 156 valence electrons. The van der Waals surface area contributed by atoms with Crippen LogP contribution in [0.25, 0.3) is 0 Å². The molecule has 2 aliphatic heterocycles. The number of carbonyl (C=O) groups excluding carboxylic acids is 2. The predicted octanol–water partition coefficient (Wildman–Crippen LogP) is 2.43. The van der Waals surface area contributed by atoms with E-state index in [1.807, 2.05) is 35.2 Å². The van der Waals surface area contributed by atoms with Crippen molar-refractivity contribution in [2.45, 2.75) is 38.5 Å². The lowest BCUT2D eigenvalue weighted by Gasteiger charge is -2.33. The van der Waals surface area contributed by atoms with Crippen LogP contribution in [0.5, 0.6) is 0 Å². The Morgan fingerprint density at radius 3 is 2.24 bits per heavy atom. The van der Waals surface area contributed by atoms with Gasteiger partial charge in [0.15, 0.2) is 0 Å². The van der Waals surface area contributed by atoms with Crippen LogP contribution in [-0.2, 0) is 20.8 Å². The summed E-state index contributed by atoms with van der Waals surface area (Å²) in [6, 6.07) is 10.0. The van der Waals surface area contributed by atoms with E-state index < -0.39 is 11.9 Å². The predicted molar refractivity (Wildman–Crippen MR) is 108 cm³/mol. The van der Waals surface area contributed by atoms with Gasteiger partial charge in [0.1, 0.15) is 0 Å². The number of rotatable bonds is 6. The maximum atomic E-state index is 13.0. The highest BCUT2D eigenvalue weighted by Crippen LogP contribution is 2.44. The van der Waals surface area contributed by atoms with Crippen molar-refractivity contribution in [3.05, 3.63) is 35.9 Å². The van der Waals surface area contributed by atoms with Crippen LogP contribution >= 0.6 is 0 Å². The van der Waals surface area contributed by atoms with Crippen LogP contribution in [-0.4, -0.2) is 58.9 Å². The lowest BCUT2D eigenvalue weighted by molar-refractivity contribution is -0.143. The van der Waals surface area contributed by atoms with Gasteiger partial charge >= 0.3 is 5.97 Å². The number of carbonyl (C=O) groups is 3. The number of carboxylic acids is 1. The number of amides is 2. The van der Waals surface area contributed by atoms with Gasteiger partial charge in [-0.15, -0.1) is 0 Å². The number of hydrogen-bond donors (Lipinski definition) is 1. The summed E-state index contributed by atoms with van der Waals surface area (Å²) in [5, 5.41) is 9.52. The van der Waals surface area contributed by atoms with E-state index in [4.69, 9.17) is 0 Å². The lowest BCUT2D eigenvalue weighted by Crippen LogP contribution is -2.44. The molecule has 2 heterocycles. The zero-order valence-corrected chi connectivity index (χ0v) is 16.8. The molecule has 2 atom stereocenters. The number of carboxylic acid groups (broad SMARTS) is 1. The third-order valence-corrected chi connectivity index (χ3v) is 6.89. The number of aryl methyl sites for hydroxylation is 1. The highest BCUT2D eigenvalue weighted by molar-refractivity contribution is 5.82. The molecule has 0 aromatic heterocycles. The fourth-order valence-corrected chi connectivity index (χ4v) is 4.96. The summed E-state index contributed by atoms with van der Waals surface area (Å²) >= 11 is 0. The number of aliphatic carboxylic acids is 1. The summed E-state index contributed by atoms with van der Waals surface area (Å²) in [5.41, 5.74) is 1.16. The second-order valence-electron chi connectivity index (χ2n) is 8.83. The maximum absolute atomic E-state index is 13.0. The number of likely N-dealkylation sites (tertiary alicyclic amines) is 2.